The van der Waals surface area contributed by atoms with Crippen LogP contribution in [0.15, 0.2) is 64.2 Å². The third-order valence-corrected chi connectivity index (χ3v) is 5.02. The molecular weight excluding hydrogens is 354 g/mol. The lowest BCUT2D eigenvalue weighted by molar-refractivity contribution is 0.630. The topological polar surface area (TPSA) is 73.8 Å². The minimum atomic E-state index is -0.161. The largest absolute Gasteiger partial charge is 0.361 e. The van der Waals surface area contributed by atoms with Crippen LogP contribution in [0, 0.1) is 13.8 Å². The molecule has 4 aromatic rings. The minimum Gasteiger partial charge on any atom is -0.361 e. The lowest BCUT2D eigenvalue weighted by atomic mass is 10.2. The highest BCUT2D eigenvalue weighted by Crippen LogP contribution is 2.14. The van der Waals surface area contributed by atoms with Gasteiger partial charge in [-0.05, 0) is 38.1 Å². The van der Waals surface area contributed by atoms with Crippen molar-refractivity contribution in [2.45, 2.75) is 20.5 Å². The fourth-order valence-corrected chi connectivity index (χ4v) is 3.40. The molecule has 0 bridgehead atoms. The fourth-order valence-electron chi connectivity index (χ4n) is 3.40. The van der Waals surface area contributed by atoms with Gasteiger partial charge in [-0.25, -0.2) is 9.67 Å². The molecule has 0 atom stereocenters. The van der Waals surface area contributed by atoms with Crippen LogP contribution in [-0.4, -0.2) is 18.9 Å². The highest BCUT2D eigenvalue weighted by Gasteiger charge is 2.16. The van der Waals surface area contributed by atoms with Gasteiger partial charge in [-0.1, -0.05) is 30.3 Å². The Labute approximate surface area is 161 Å². The monoisotopic (exact) mass is 375 g/mol. The number of anilines is 1. The summed E-state index contributed by atoms with van der Waals surface area (Å²) < 4.78 is 4.95. The Kier molecular flexibility index (Phi) is 4.35. The van der Waals surface area contributed by atoms with Crippen molar-refractivity contribution in [3.63, 3.8) is 0 Å². The van der Waals surface area contributed by atoms with Gasteiger partial charge in [0.15, 0.2) is 0 Å². The van der Waals surface area contributed by atoms with Crippen LogP contribution in [-0.2, 0) is 13.7 Å². The second-order valence-electron chi connectivity index (χ2n) is 6.68. The summed E-state index contributed by atoms with van der Waals surface area (Å²) in [5.41, 5.74) is 2.41. The molecule has 1 N–H and O–H groups in total. The summed E-state index contributed by atoms with van der Waals surface area (Å²) in [6.07, 6.45) is 0. The first kappa shape index (κ1) is 17.8. The molecule has 0 saturated carbocycles. The van der Waals surface area contributed by atoms with Gasteiger partial charge in [0.1, 0.15) is 11.5 Å². The van der Waals surface area contributed by atoms with Crippen molar-refractivity contribution < 1.29 is 0 Å². The first-order valence-electron chi connectivity index (χ1n) is 9.03. The highest BCUT2D eigenvalue weighted by molar-refractivity contribution is 5.77. The maximum absolute atomic E-state index is 13.0. The van der Waals surface area contributed by atoms with E-state index in [1.165, 1.54) is 0 Å². The molecule has 142 valence electrons. The second-order valence-corrected chi connectivity index (χ2v) is 6.68. The average molecular weight is 375 g/mol. The summed E-state index contributed by atoms with van der Waals surface area (Å²) in [5, 5.41) is 3.70. The molecule has 0 spiro atoms. The normalized spacial score (nSPS) is 11.1. The van der Waals surface area contributed by atoms with Crippen LogP contribution in [0.5, 0.6) is 0 Å². The quantitative estimate of drug-likeness (QED) is 0.595. The van der Waals surface area contributed by atoms with Gasteiger partial charge in [-0.2, -0.15) is 0 Å². The zero-order valence-electron chi connectivity index (χ0n) is 16.0. The van der Waals surface area contributed by atoms with Crippen LogP contribution in [0.1, 0.15) is 11.5 Å². The predicted octanol–water partition coefficient (Wildman–Crippen LogP) is 2.57. The second kappa shape index (κ2) is 6.84. The maximum Gasteiger partial charge on any atom is 0.295 e. The molecule has 0 saturated heterocycles. The van der Waals surface area contributed by atoms with Gasteiger partial charge in [0, 0.05) is 7.05 Å². The van der Waals surface area contributed by atoms with Crippen molar-refractivity contribution in [2.75, 3.05) is 5.32 Å². The summed E-state index contributed by atoms with van der Waals surface area (Å²) >= 11 is 0. The van der Waals surface area contributed by atoms with E-state index in [2.05, 4.69) is 10.3 Å². The molecule has 0 aliphatic heterocycles. The Bertz CT molecular complexity index is 1280. The van der Waals surface area contributed by atoms with E-state index in [9.17, 15) is 9.59 Å². The Balaban J connectivity index is 1.73. The van der Waals surface area contributed by atoms with E-state index in [1.54, 1.807) is 26.9 Å². The highest BCUT2D eigenvalue weighted by atomic mass is 16.1. The van der Waals surface area contributed by atoms with Crippen molar-refractivity contribution in [3.05, 3.63) is 86.8 Å². The zero-order valence-corrected chi connectivity index (χ0v) is 16.0. The molecule has 2 heterocycles. The molecule has 7 heteroatoms. The number of aryl methyl sites for hydroxylation is 1. The molecule has 2 aromatic carbocycles. The molecule has 0 aliphatic carbocycles. The van der Waals surface area contributed by atoms with Crippen molar-refractivity contribution in [3.8, 4) is 5.69 Å². The number of para-hydroxylation sites is 2. The van der Waals surface area contributed by atoms with E-state index in [1.807, 2.05) is 62.5 Å². The molecule has 0 unspecified atom stereocenters. The standard InChI is InChI=1S/C21H21N5O2/c1-14-19(21(28)26(24(14)3)16-9-5-4-6-10-16)22-13-25-15(2)23-18-12-8-7-11-17(18)20(25)27/h4-12,22H,13H2,1-3H3. The number of hydrogen-bond acceptors (Lipinski definition) is 4. The maximum atomic E-state index is 13.0. The summed E-state index contributed by atoms with van der Waals surface area (Å²) in [5.74, 6) is 0.591. The summed E-state index contributed by atoms with van der Waals surface area (Å²) in [4.78, 5) is 30.3. The van der Waals surface area contributed by atoms with Crippen molar-refractivity contribution in [1.82, 2.24) is 18.9 Å². The number of aromatic nitrogens is 4. The van der Waals surface area contributed by atoms with Gasteiger partial charge < -0.3 is 5.32 Å². The van der Waals surface area contributed by atoms with Crippen LogP contribution in [0.3, 0.4) is 0 Å². The molecular formula is C21H21N5O2. The van der Waals surface area contributed by atoms with E-state index in [0.717, 1.165) is 11.4 Å². The van der Waals surface area contributed by atoms with Gasteiger partial charge in [-0.3, -0.25) is 18.8 Å². The predicted molar refractivity (Wildman–Crippen MR) is 110 cm³/mol. The molecule has 4 rings (SSSR count). The zero-order chi connectivity index (χ0) is 19.8. The van der Waals surface area contributed by atoms with Crippen LogP contribution in [0.4, 0.5) is 5.69 Å². The summed E-state index contributed by atoms with van der Waals surface area (Å²) in [6, 6.07) is 16.7. The number of nitrogens with one attached hydrogen (secondary N) is 1. The summed E-state index contributed by atoms with van der Waals surface area (Å²) in [6.45, 7) is 3.82. The van der Waals surface area contributed by atoms with E-state index in [-0.39, 0.29) is 17.8 Å². The van der Waals surface area contributed by atoms with Gasteiger partial charge >= 0.3 is 0 Å². The van der Waals surface area contributed by atoms with Crippen LogP contribution >= 0.6 is 0 Å². The van der Waals surface area contributed by atoms with Gasteiger partial charge in [0.05, 0.1) is 29.0 Å². The molecule has 0 radical (unpaired) electrons. The van der Waals surface area contributed by atoms with Crippen molar-refractivity contribution in [1.29, 1.82) is 0 Å². The fraction of sp³-hybridized carbons (Fsp3) is 0.190. The Morgan fingerprint density at radius 1 is 0.929 bits per heavy atom. The Morgan fingerprint density at radius 2 is 1.61 bits per heavy atom. The lowest BCUT2D eigenvalue weighted by Crippen LogP contribution is -2.28. The first-order valence-corrected chi connectivity index (χ1v) is 9.03. The number of rotatable bonds is 4. The number of nitrogens with zero attached hydrogens (tertiary/aromatic N) is 4. The van der Waals surface area contributed by atoms with Gasteiger partial charge in [0.25, 0.3) is 11.1 Å². The lowest BCUT2D eigenvalue weighted by Gasteiger charge is -2.12. The van der Waals surface area contributed by atoms with Crippen LogP contribution in [0.25, 0.3) is 16.6 Å². The molecule has 0 fully saturated rings. The van der Waals surface area contributed by atoms with Crippen molar-refractivity contribution in [2.24, 2.45) is 7.05 Å². The van der Waals surface area contributed by atoms with Crippen LogP contribution < -0.4 is 16.4 Å². The Hall–Kier alpha value is -3.61. The smallest absolute Gasteiger partial charge is 0.295 e. The molecule has 2 aromatic heterocycles. The number of hydrogen-bond donors (Lipinski definition) is 1. The van der Waals surface area contributed by atoms with Crippen molar-refractivity contribution >= 4 is 16.6 Å². The van der Waals surface area contributed by atoms with Crippen LogP contribution in [0.2, 0.25) is 0 Å². The third kappa shape index (κ3) is 2.81. The molecule has 0 amide bonds. The first-order chi connectivity index (χ1) is 13.5. The summed E-state index contributed by atoms with van der Waals surface area (Å²) in [7, 11) is 1.84. The number of fused-ring (bicyclic) bond motifs is 1. The van der Waals surface area contributed by atoms with E-state index < -0.39 is 0 Å². The molecule has 7 nitrogen and oxygen atoms in total. The van der Waals surface area contributed by atoms with E-state index >= 15 is 0 Å². The SMILES string of the molecule is Cc1nc2ccccc2c(=O)n1CNc1c(C)n(C)n(-c2ccccc2)c1=O. The Morgan fingerprint density at radius 3 is 2.36 bits per heavy atom. The van der Waals surface area contributed by atoms with Gasteiger partial charge in [-0.15, -0.1) is 0 Å². The number of benzene rings is 2. The van der Waals surface area contributed by atoms with E-state index in [4.69, 9.17) is 0 Å². The third-order valence-electron chi connectivity index (χ3n) is 5.02. The molecule has 0 aliphatic rings. The average Bonchev–Trinajstić information content (AvgIpc) is 2.91. The minimum absolute atomic E-state index is 0.132. The molecule has 28 heavy (non-hydrogen) atoms. The van der Waals surface area contributed by atoms with Gasteiger partial charge in [0.2, 0.25) is 0 Å². The van der Waals surface area contributed by atoms with E-state index in [0.29, 0.717) is 22.4 Å².